The molecule has 0 radical (unpaired) electrons. The summed E-state index contributed by atoms with van der Waals surface area (Å²) in [6.45, 7) is 8.79. The van der Waals surface area contributed by atoms with E-state index in [2.05, 4.69) is 32.2 Å². The third-order valence-corrected chi connectivity index (χ3v) is 5.88. The molecular weight excluding hydrogens is 242 g/mol. The molecule has 2 nitrogen and oxygen atoms in total. The maximum atomic E-state index is 6.34. The van der Waals surface area contributed by atoms with Crippen LogP contribution in [0.15, 0.2) is 6.07 Å². The second-order valence-corrected chi connectivity index (χ2v) is 7.03. The molecule has 2 unspecified atom stereocenters. The highest BCUT2D eigenvalue weighted by atomic mass is 32.1. The van der Waals surface area contributed by atoms with E-state index in [1.54, 1.807) is 4.88 Å². The van der Waals surface area contributed by atoms with Crippen LogP contribution >= 0.6 is 11.3 Å². The lowest BCUT2D eigenvalue weighted by molar-refractivity contribution is -0.0937. The first kappa shape index (κ1) is 12.6. The summed E-state index contributed by atoms with van der Waals surface area (Å²) in [6.07, 6.45) is 3.39. The minimum Gasteiger partial charge on any atom is -0.369 e. The fourth-order valence-electron chi connectivity index (χ4n) is 3.36. The summed E-state index contributed by atoms with van der Waals surface area (Å²) in [7, 11) is 0. The summed E-state index contributed by atoms with van der Waals surface area (Å²) < 4.78 is 6.34. The van der Waals surface area contributed by atoms with Gasteiger partial charge in [0.25, 0.3) is 0 Å². The summed E-state index contributed by atoms with van der Waals surface area (Å²) in [5.74, 6) is 0.570. The van der Waals surface area contributed by atoms with Gasteiger partial charge in [-0.2, -0.15) is 0 Å². The van der Waals surface area contributed by atoms with Crippen LogP contribution in [0.25, 0.3) is 0 Å². The summed E-state index contributed by atoms with van der Waals surface area (Å²) in [4.78, 5) is 3.11. The van der Waals surface area contributed by atoms with Crippen molar-refractivity contribution >= 4 is 11.3 Å². The van der Waals surface area contributed by atoms with Gasteiger partial charge < -0.3 is 10.1 Å². The third kappa shape index (κ3) is 1.93. The quantitative estimate of drug-likeness (QED) is 0.840. The van der Waals surface area contributed by atoms with Crippen LogP contribution in [-0.4, -0.2) is 19.2 Å². The molecule has 18 heavy (non-hydrogen) atoms. The molecule has 0 bridgehead atoms. The molecule has 0 aromatic carbocycles. The fraction of sp³-hybridized carbons (Fsp3) is 0.733. The van der Waals surface area contributed by atoms with Crippen molar-refractivity contribution in [2.45, 2.75) is 57.6 Å². The van der Waals surface area contributed by atoms with Crippen molar-refractivity contribution in [3.05, 3.63) is 21.4 Å². The number of aryl methyl sites for hydroxylation is 1. The van der Waals surface area contributed by atoms with Gasteiger partial charge in [-0.15, -0.1) is 11.3 Å². The van der Waals surface area contributed by atoms with E-state index >= 15 is 0 Å². The van der Waals surface area contributed by atoms with Crippen molar-refractivity contribution in [1.29, 1.82) is 0 Å². The van der Waals surface area contributed by atoms with Crippen molar-refractivity contribution in [3.8, 4) is 0 Å². The van der Waals surface area contributed by atoms with Gasteiger partial charge in [0.15, 0.2) is 0 Å². The Hall–Kier alpha value is -0.380. The van der Waals surface area contributed by atoms with Crippen LogP contribution in [0.1, 0.15) is 54.8 Å². The SMILES string of the molecule is CCc1cc2c(s1)C(C)COC21CCN[C@@H](C)C1. The van der Waals surface area contributed by atoms with E-state index in [-0.39, 0.29) is 5.60 Å². The van der Waals surface area contributed by atoms with Crippen LogP contribution in [0.5, 0.6) is 0 Å². The number of piperidine rings is 1. The normalized spacial score (nSPS) is 35.7. The Balaban J connectivity index is 2.03. The maximum absolute atomic E-state index is 6.34. The fourth-order valence-corrected chi connectivity index (χ4v) is 4.58. The number of ether oxygens (including phenoxy) is 1. The van der Waals surface area contributed by atoms with Crippen molar-refractivity contribution in [1.82, 2.24) is 5.32 Å². The van der Waals surface area contributed by atoms with Gasteiger partial charge in [-0.3, -0.25) is 0 Å². The molecule has 1 aromatic heterocycles. The van der Waals surface area contributed by atoms with Gasteiger partial charge in [0.2, 0.25) is 0 Å². The monoisotopic (exact) mass is 265 g/mol. The minimum atomic E-state index is 0.0103. The van der Waals surface area contributed by atoms with E-state index in [1.807, 2.05) is 11.3 Å². The first-order valence-electron chi connectivity index (χ1n) is 7.15. The van der Waals surface area contributed by atoms with Crippen LogP contribution in [0, 0.1) is 0 Å². The van der Waals surface area contributed by atoms with E-state index < -0.39 is 0 Å². The molecule has 3 rings (SSSR count). The molecule has 0 saturated carbocycles. The Bertz CT molecular complexity index is 442. The first-order valence-corrected chi connectivity index (χ1v) is 7.96. The summed E-state index contributed by atoms with van der Waals surface area (Å²) in [5.41, 5.74) is 1.52. The number of hydrogen-bond acceptors (Lipinski definition) is 3. The summed E-state index contributed by atoms with van der Waals surface area (Å²) in [5, 5.41) is 3.54. The molecule has 2 aliphatic rings. The Morgan fingerprint density at radius 1 is 1.50 bits per heavy atom. The van der Waals surface area contributed by atoms with Crippen LogP contribution in [-0.2, 0) is 16.8 Å². The average molecular weight is 265 g/mol. The molecule has 3 heterocycles. The molecule has 0 amide bonds. The summed E-state index contributed by atoms with van der Waals surface area (Å²) in [6, 6.07) is 2.98. The van der Waals surface area contributed by atoms with Crippen LogP contribution < -0.4 is 5.32 Å². The predicted molar refractivity (Wildman–Crippen MR) is 76.4 cm³/mol. The third-order valence-electron chi connectivity index (χ3n) is 4.37. The molecule has 3 heteroatoms. The number of thiophene rings is 1. The predicted octanol–water partition coefficient (Wildman–Crippen LogP) is 3.41. The topological polar surface area (TPSA) is 21.3 Å². The van der Waals surface area contributed by atoms with Gasteiger partial charge in [-0.25, -0.2) is 0 Å². The Morgan fingerprint density at radius 3 is 3.06 bits per heavy atom. The maximum Gasteiger partial charge on any atom is 0.0969 e. The van der Waals surface area contributed by atoms with Crippen LogP contribution in [0.4, 0.5) is 0 Å². The van der Waals surface area contributed by atoms with Gasteiger partial charge in [0, 0.05) is 21.7 Å². The molecule has 1 fully saturated rings. The van der Waals surface area contributed by atoms with Crippen LogP contribution in [0.3, 0.4) is 0 Å². The van der Waals surface area contributed by atoms with Crippen molar-refractivity contribution in [2.75, 3.05) is 13.2 Å². The standard InChI is InChI=1S/C15H23NOS/c1-4-12-7-13-14(18-12)10(2)9-17-15(13)5-6-16-11(3)8-15/h7,10-11,16H,4-6,8-9H2,1-3H3/t10?,11-,15?/m0/s1. The average Bonchev–Trinajstić information content (AvgIpc) is 2.80. The second kappa shape index (κ2) is 4.62. The van der Waals surface area contributed by atoms with Crippen molar-refractivity contribution in [3.63, 3.8) is 0 Å². The highest BCUT2D eigenvalue weighted by Gasteiger charge is 2.43. The highest BCUT2D eigenvalue weighted by molar-refractivity contribution is 7.12. The molecular formula is C15H23NOS. The molecule has 1 N–H and O–H groups in total. The Morgan fingerprint density at radius 2 is 2.33 bits per heavy atom. The van der Waals surface area contributed by atoms with E-state index in [9.17, 15) is 0 Å². The Labute approximate surface area is 114 Å². The van der Waals surface area contributed by atoms with Gasteiger partial charge in [-0.1, -0.05) is 13.8 Å². The van der Waals surface area contributed by atoms with E-state index in [0.29, 0.717) is 12.0 Å². The van der Waals surface area contributed by atoms with E-state index in [0.717, 1.165) is 32.4 Å². The lowest BCUT2D eigenvalue weighted by atomic mass is 9.79. The number of fused-ring (bicyclic) bond motifs is 2. The van der Waals surface area contributed by atoms with E-state index in [1.165, 1.54) is 10.4 Å². The van der Waals surface area contributed by atoms with Crippen LogP contribution in [0.2, 0.25) is 0 Å². The lowest BCUT2D eigenvalue weighted by Crippen LogP contribution is -2.48. The first-order chi connectivity index (χ1) is 8.64. The number of nitrogens with one attached hydrogen (secondary N) is 1. The number of rotatable bonds is 1. The molecule has 2 aliphatic heterocycles. The highest BCUT2D eigenvalue weighted by Crippen LogP contribution is 2.47. The lowest BCUT2D eigenvalue weighted by Gasteiger charge is -2.44. The zero-order chi connectivity index (χ0) is 12.8. The van der Waals surface area contributed by atoms with E-state index in [4.69, 9.17) is 4.74 Å². The zero-order valence-corrected chi connectivity index (χ0v) is 12.4. The van der Waals surface area contributed by atoms with Crippen molar-refractivity contribution in [2.24, 2.45) is 0 Å². The minimum absolute atomic E-state index is 0.0103. The Kier molecular flexibility index (Phi) is 3.25. The van der Waals surface area contributed by atoms with Crippen molar-refractivity contribution < 1.29 is 4.74 Å². The second-order valence-electron chi connectivity index (χ2n) is 5.86. The zero-order valence-electron chi connectivity index (χ0n) is 11.6. The summed E-state index contributed by atoms with van der Waals surface area (Å²) >= 11 is 2.01. The molecule has 0 aliphatic carbocycles. The molecule has 1 aromatic rings. The number of hydrogen-bond donors (Lipinski definition) is 1. The molecule has 1 spiro atoms. The van der Waals surface area contributed by atoms with Gasteiger partial charge in [-0.05, 0) is 44.4 Å². The smallest absolute Gasteiger partial charge is 0.0969 e. The molecule has 100 valence electrons. The molecule has 1 saturated heterocycles. The van der Waals surface area contributed by atoms with Gasteiger partial charge in [0.05, 0.1) is 12.2 Å². The van der Waals surface area contributed by atoms with Gasteiger partial charge in [0.1, 0.15) is 0 Å². The molecule has 3 atom stereocenters. The largest absolute Gasteiger partial charge is 0.369 e. The van der Waals surface area contributed by atoms with Gasteiger partial charge >= 0.3 is 0 Å².